The van der Waals surface area contributed by atoms with Gasteiger partial charge in [0.25, 0.3) is 5.78 Å². The summed E-state index contributed by atoms with van der Waals surface area (Å²) in [6, 6.07) is 18.3. The van der Waals surface area contributed by atoms with Gasteiger partial charge in [0.2, 0.25) is 0 Å². The largest absolute Gasteiger partial charge is 0.507 e. The highest BCUT2D eigenvalue weighted by Crippen LogP contribution is 2.42. The van der Waals surface area contributed by atoms with Crippen LogP contribution < -0.4 is 9.64 Å². The van der Waals surface area contributed by atoms with Crippen LogP contribution in [0.1, 0.15) is 17.2 Å². The number of Topliss-reactive ketones (excluding diaryl/α,β-unsaturated/α-hetero) is 1. The van der Waals surface area contributed by atoms with Gasteiger partial charge in [0.15, 0.2) is 0 Å². The standard InChI is InChI=1S/C23H17BrN2O4/c1-30-17-9-5-7-15(13-17)21(27)19-20(14-6-4-8-16(24)12-14)26(23(29)22(19)28)18-10-2-3-11-25-18/h2-13,20,27H,1H3/t20-/m0/s1. The van der Waals surface area contributed by atoms with Gasteiger partial charge < -0.3 is 9.84 Å². The number of anilines is 1. The minimum Gasteiger partial charge on any atom is -0.507 e. The zero-order valence-corrected chi connectivity index (χ0v) is 17.5. The first-order valence-electron chi connectivity index (χ1n) is 9.13. The van der Waals surface area contributed by atoms with E-state index in [9.17, 15) is 14.7 Å². The van der Waals surface area contributed by atoms with Crippen molar-refractivity contribution in [1.29, 1.82) is 0 Å². The number of ether oxygens (including phenoxy) is 1. The van der Waals surface area contributed by atoms with Gasteiger partial charge in [-0.1, -0.05) is 46.3 Å². The number of carbonyl (C=O) groups excluding carboxylic acids is 2. The maximum absolute atomic E-state index is 13.0. The molecule has 1 atom stereocenters. The summed E-state index contributed by atoms with van der Waals surface area (Å²) >= 11 is 3.44. The molecule has 0 saturated carbocycles. The van der Waals surface area contributed by atoms with E-state index in [2.05, 4.69) is 20.9 Å². The Bertz CT molecular complexity index is 1160. The lowest BCUT2D eigenvalue weighted by atomic mass is 9.95. The maximum atomic E-state index is 13.0. The maximum Gasteiger partial charge on any atom is 0.301 e. The van der Waals surface area contributed by atoms with Crippen molar-refractivity contribution in [3.05, 3.63) is 94.1 Å². The molecular weight excluding hydrogens is 448 g/mol. The van der Waals surface area contributed by atoms with E-state index >= 15 is 0 Å². The van der Waals surface area contributed by atoms with Gasteiger partial charge in [-0.15, -0.1) is 0 Å². The van der Waals surface area contributed by atoms with Crippen molar-refractivity contribution in [1.82, 2.24) is 4.98 Å². The van der Waals surface area contributed by atoms with E-state index in [1.54, 1.807) is 54.7 Å². The average Bonchev–Trinajstić information content (AvgIpc) is 3.04. The molecule has 1 amide bonds. The third-order valence-electron chi connectivity index (χ3n) is 4.85. The fourth-order valence-corrected chi connectivity index (χ4v) is 3.90. The number of carbonyl (C=O) groups is 2. The van der Waals surface area contributed by atoms with Crippen molar-refractivity contribution in [3.8, 4) is 5.75 Å². The summed E-state index contributed by atoms with van der Waals surface area (Å²) in [7, 11) is 1.51. The quantitative estimate of drug-likeness (QED) is 0.349. The molecule has 4 rings (SSSR count). The molecule has 0 aliphatic carbocycles. The van der Waals surface area contributed by atoms with Crippen LogP contribution in [0.25, 0.3) is 5.76 Å². The molecule has 0 spiro atoms. The molecule has 1 aliphatic rings. The van der Waals surface area contributed by atoms with Crippen LogP contribution >= 0.6 is 15.9 Å². The van der Waals surface area contributed by atoms with Crippen LogP contribution in [0.15, 0.2) is 83.0 Å². The third-order valence-corrected chi connectivity index (χ3v) is 5.34. The zero-order valence-electron chi connectivity index (χ0n) is 15.9. The van der Waals surface area contributed by atoms with Gasteiger partial charge in [-0.3, -0.25) is 14.5 Å². The minimum absolute atomic E-state index is 0.00277. The summed E-state index contributed by atoms with van der Waals surface area (Å²) in [5.74, 6) is -0.934. The van der Waals surface area contributed by atoms with Crippen LogP contribution in [0.3, 0.4) is 0 Å². The number of aliphatic hydroxyl groups is 1. The fourth-order valence-electron chi connectivity index (χ4n) is 3.48. The smallest absolute Gasteiger partial charge is 0.301 e. The number of methoxy groups -OCH3 is 1. The first kappa shape index (κ1) is 19.8. The number of ketones is 1. The molecule has 6 nitrogen and oxygen atoms in total. The number of hydrogen-bond acceptors (Lipinski definition) is 5. The van der Waals surface area contributed by atoms with Crippen molar-refractivity contribution in [2.75, 3.05) is 12.0 Å². The van der Waals surface area contributed by atoms with Gasteiger partial charge in [-0.2, -0.15) is 0 Å². The van der Waals surface area contributed by atoms with Gasteiger partial charge in [0, 0.05) is 16.2 Å². The van der Waals surface area contributed by atoms with E-state index in [0.717, 1.165) is 4.47 Å². The van der Waals surface area contributed by atoms with Crippen molar-refractivity contribution < 1.29 is 19.4 Å². The van der Waals surface area contributed by atoms with E-state index in [1.807, 2.05) is 18.2 Å². The second-order valence-electron chi connectivity index (χ2n) is 6.64. The number of nitrogens with zero attached hydrogens (tertiary/aromatic N) is 2. The third kappa shape index (κ3) is 3.48. The number of pyridine rings is 1. The topological polar surface area (TPSA) is 79.7 Å². The molecule has 1 fully saturated rings. The molecule has 7 heteroatoms. The highest BCUT2D eigenvalue weighted by molar-refractivity contribution is 9.10. The van der Waals surface area contributed by atoms with Crippen molar-refractivity contribution in [2.24, 2.45) is 0 Å². The number of aromatic nitrogens is 1. The van der Waals surface area contributed by atoms with E-state index in [0.29, 0.717) is 22.7 Å². The Labute approximate surface area is 181 Å². The first-order valence-corrected chi connectivity index (χ1v) is 9.92. The molecular formula is C23H17BrN2O4. The van der Waals surface area contributed by atoms with Gasteiger partial charge in [-0.05, 0) is 42.0 Å². The second kappa shape index (κ2) is 8.12. The summed E-state index contributed by atoms with van der Waals surface area (Å²) in [5, 5.41) is 11.1. The molecule has 30 heavy (non-hydrogen) atoms. The van der Waals surface area contributed by atoms with Crippen LogP contribution in [0.2, 0.25) is 0 Å². The predicted molar refractivity (Wildman–Crippen MR) is 116 cm³/mol. The Morgan fingerprint density at radius 2 is 1.87 bits per heavy atom. The van der Waals surface area contributed by atoms with Crippen molar-refractivity contribution >= 4 is 39.2 Å². The van der Waals surface area contributed by atoms with E-state index in [-0.39, 0.29) is 11.3 Å². The second-order valence-corrected chi connectivity index (χ2v) is 7.56. The molecule has 1 N–H and O–H groups in total. The Kier molecular flexibility index (Phi) is 5.37. The van der Waals surface area contributed by atoms with Gasteiger partial charge in [0.1, 0.15) is 17.3 Å². The molecule has 150 valence electrons. The number of aliphatic hydroxyl groups excluding tert-OH is 1. The van der Waals surface area contributed by atoms with Crippen molar-refractivity contribution in [3.63, 3.8) is 0 Å². The lowest BCUT2D eigenvalue weighted by Crippen LogP contribution is -2.30. The van der Waals surface area contributed by atoms with Gasteiger partial charge in [-0.25, -0.2) is 4.98 Å². The highest BCUT2D eigenvalue weighted by atomic mass is 79.9. The monoisotopic (exact) mass is 464 g/mol. The molecule has 0 unspecified atom stereocenters. The summed E-state index contributed by atoms with van der Waals surface area (Å²) in [6.45, 7) is 0. The number of benzene rings is 2. The Morgan fingerprint density at radius 1 is 1.07 bits per heavy atom. The first-order chi connectivity index (χ1) is 14.5. The Hall–Kier alpha value is -3.45. The molecule has 1 aromatic heterocycles. The van der Waals surface area contributed by atoms with Crippen LogP contribution in [0, 0.1) is 0 Å². The van der Waals surface area contributed by atoms with Crippen LogP contribution in [0.4, 0.5) is 5.82 Å². The molecule has 2 aromatic carbocycles. The lowest BCUT2D eigenvalue weighted by molar-refractivity contribution is -0.132. The SMILES string of the molecule is COc1cccc(C(O)=C2C(=O)C(=O)N(c3ccccn3)[C@H]2c2cccc(Br)c2)c1. The molecule has 2 heterocycles. The molecule has 0 bridgehead atoms. The van der Waals surface area contributed by atoms with E-state index in [4.69, 9.17) is 4.74 Å². The van der Waals surface area contributed by atoms with Crippen molar-refractivity contribution in [2.45, 2.75) is 6.04 Å². The number of rotatable bonds is 4. The van der Waals surface area contributed by atoms with E-state index < -0.39 is 17.7 Å². The summed E-state index contributed by atoms with van der Waals surface area (Å²) in [5.41, 5.74) is 1.05. The van der Waals surface area contributed by atoms with Crippen LogP contribution in [-0.4, -0.2) is 28.9 Å². The number of amides is 1. The lowest BCUT2D eigenvalue weighted by Gasteiger charge is -2.24. The summed E-state index contributed by atoms with van der Waals surface area (Å²) in [4.78, 5) is 31.6. The Balaban J connectivity index is 1.95. The Morgan fingerprint density at radius 3 is 2.57 bits per heavy atom. The van der Waals surface area contributed by atoms with Crippen LogP contribution in [0.5, 0.6) is 5.75 Å². The van der Waals surface area contributed by atoms with E-state index in [1.165, 1.54) is 12.0 Å². The highest BCUT2D eigenvalue weighted by Gasteiger charge is 2.47. The molecule has 1 aliphatic heterocycles. The number of hydrogen-bond donors (Lipinski definition) is 1. The summed E-state index contributed by atoms with van der Waals surface area (Å²) in [6.07, 6.45) is 1.55. The predicted octanol–water partition coefficient (Wildman–Crippen LogP) is 4.48. The van der Waals surface area contributed by atoms with Crippen LogP contribution in [-0.2, 0) is 9.59 Å². The minimum atomic E-state index is -0.830. The van der Waals surface area contributed by atoms with Gasteiger partial charge in [0.05, 0.1) is 18.7 Å². The molecule has 1 saturated heterocycles. The zero-order chi connectivity index (χ0) is 21.3. The van der Waals surface area contributed by atoms with Gasteiger partial charge >= 0.3 is 5.91 Å². The molecule has 3 aromatic rings. The fraction of sp³-hybridized carbons (Fsp3) is 0.0870. The number of halogens is 1. The normalized spacial score (nSPS) is 17.9. The average molecular weight is 465 g/mol. The summed E-state index contributed by atoms with van der Waals surface area (Å²) < 4.78 is 6.01. The molecule has 0 radical (unpaired) electrons.